The van der Waals surface area contributed by atoms with E-state index < -0.39 is 5.82 Å². The Bertz CT molecular complexity index is 1090. The zero-order valence-electron chi connectivity index (χ0n) is 17.8. The molecule has 3 aromatic rings. The maximum atomic E-state index is 14.3. The molecule has 160 valence electrons. The van der Waals surface area contributed by atoms with Crippen LogP contribution in [0.1, 0.15) is 37.6 Å². The van der Waals surface area contributed by atoms with Gasteiger partial charge in [-0.15, -0.1) is 0 Å². The predicted molar refractivity (Wildman–Crippen MR) is 121 cm³/mol. The molecule has 6 nitrogen and oxygen atoms in total. The average Bonchev–Trinajstić information content (AvgIpc) is 2.75. The van der Waals surface area contributed by atoms with E-state index >= 15 is 0 Å². The molecular weight excluding hydrogens is 395 g/mol. The van der Waals surface area contributed by atoms with Crippen molar-refractivity contribution >= 4 is 28.9 Å². The van der Waals surface area contributed by atoms with Crippen LogP contribution in [0, 0.1) is 5.82 Å². The van der Waals surface area contributed by atoms with E-state index in [4.69, 9.17) is 4.74 Å². The molecule has 0 aliphatic rings. The fraction of sp³-hybridized carbons (Fsp3) is 0.208. The van der Waals surface area contributed by atoms with E-state index in [0.29, 0.717) is 17.9 Å². The Morgan fingerprint density at radius 1 is 1.10 bits per heavy atom. The van der Waals surface area contributed by atoms with Gasteiger partial charge in [-0.3, -0.25) is 4.79 Å². The third-order valence-corrected chi connectivity index (χ3v) is 4.14. The second-order valence-corrected chi connectivity index (χ2v) is 7.18. The van der Waals surface area contributed by atoms with Gasteiger partial charge in [0, 0.05) is 23.0 Å². The summed E-state index contributed by atoms with van der Waals surface area (Å²) in [6, 6.07) is 14.2. The Morgan fingerprint density at radius 2 is 1.84 bits per heavy atom. The van der Waals surface area contributed by atoms with Gasteiger partial charge >= 0.3 is 0 Å². The number of benzene rings is 2. The van der Waals surface area contributed by atoms with Crippen LogP contribution >= 0.6 is 0 Å². The number of ketones is 1. The van der Waals surface area contributed by atoms with Crippen LogP contribution in [-0.2, 0) is 0 Å². The number of anilines is 4. The van der Waals surface area contributed by atoms with Crippen LogP contribution in [0.15, 0.2) is 66.4 Å². The van der Waals surface area contributed by atoms with Gasteiger partial charge in [0.25, 0.3) is 0 Å². The largest absolute Gasteiger partial charge is 0.494 e. The van der Waals surface area contributed by atoms with Crippen molar-refractivity contribution in [1.29, 1.82) is 0 Å². The Hall–Kier alpha value is -3.74. The molecule has 0 unspecified atom stereocenters. The van der Waals surface area contributed by atoms with Gasteiger partial charge in [-0.05, 0) is 50.6 Å². The van der Waals surface area contributed by atoms with Crippen molar-refractivity contribution in [1.82, 2.24) is 9.97 Å². The van der Waals surface area contributed by atoms with Crippen molar-refractivity contribution in [2.75, 3.05) is 17.2 Å². The normalized spacial score (nSPS) is 10.3. The summed E-state index contributed by atoms with van der Waals surface area (Å²) < 4.78 is 19.9. The molecular formula is C24H25FN4O2. The number of allylic oxidation sites excluding steroid dienone is 2. The lowest BCUT2D eigenvalue weighted by Gasteiger charge is -2.11. The van der Waals surface area contributed by atoms with Crippen molar-refractivity contribution in [3.63, 3.8) is 0 Å². The molecule has 0 saturated carbocycles. The van der Waals surface area contributed by atoms with Gasteiger partial charge in [0.05, 0.1) is 12.8 Å². The molecule has 1 heterocycles. The quantitative estimate of drug-likeness (QED) is 0.325. The smallest absolute Gasteiger partial charge is 0.229 e. The number of carbonyl (C=O) groups excluding carboxylic acids is 1. The number of rotatable bonds is 9. The Morgan fingerprint density at radius 3 is 2.58 bits per heavy atom. The van der Waals surface area contributed by atoms with Crippen LogP contribution < -0.4 is 15.4 Å². The molecule has 2 N–H and O–H groups in total. The highest BCUT2D eigenvalue weighted by atomic mass is 19.1. The maximum Gasteiger partial charge on any atom is 0.229 e. The lowest BCUT2D eigenvalue weighted by atomic mass is 10.1. The van der Waals surface area contributed by atoms with Crippen LogP contribution in [0.4, 0.5) is 27.5 Å². The highest BCUT2D eigenvalue weighted by Gasteiger charge is 2.10. The van der Waals surface area contributed by atoms with E-state index in [2.05, 4.69) is 20.6 Å². The first kappa shape index (κ1) is 22.0. The van der Waals surface area contributed by atoms with E-state index in [-0.39, 0.29) is 17.5 Å². The zero-order valence-corrected chi connectivity index (χ0v) is 17.8. The predicted octanol–water partition coefficient (Wildman–Crippen LogP) is 6.04. The lowest BCUT2D eigenvalue weighted by molar-refractivity contribution is 0.104. The third-order valence-electron chi connectivity index (χ3n) is 4.14. The topological polar surface area (TPSA) is 76.1 Å². The number of carbonyl (C=O) groups is 1. The third kappa shape index (κ3) is 6.37. The molecule has 0 atom stereocenters. The minimum atomic E-state index is -0.605. The minimum Gasteiger partial charge on any atom is -0.494 e. The Kier molecular flexibility index (Phi) is 7.32. The second-order valence-electron chi connectivity index (χ2n) is 7.18. The summed E-state index contributed by atoms with van der Waals surface area (Å²) in [7, 11) is 0. The molecule has 0 amide bonds. The molecule has 0 spiro atoms. The Balaban J connectivity index is 1.78. The first-order valence-electron chi connectivity index (χ1n) is 10.0. The van der Waals surface area contributed by atoms with Gasteiger partial charge in [-0.2, -0.15) is 4.98 Å². The van der Waals surface area contributed by atoms with E-state index in [9.17, 15) is 9.18 Å². The second kappa shape index (κ2) is 10.3. The van der Waals surface area contributed by atoms with Gasteiger partial charge in [0.2, 0.25) is 5.95 Å². The fourth-order valence-corrected chi connectivity index (χ4v) is 2.76. The highest BCUT2D eigenvalue weighted by Crippen LogP contribution is 2.23. The van der Waals surface area contributed by atoms with Crippen LogP contribution in [0.3, 0.4) is 0 Å². The van der Waals surface area contributed by atoms with Crippen molar-refractivity contribution in [3.05, 3.63) is 77.8 Å². The first-order chi connectivity index (χ1) is 14.9. The summed E-state index contributed by atoms with van der Waals surface area (Å²) >= 11 is 0. The summed E-state index contributed by atoms with van der Waals surface area (Å²) in [6.45, 7) is 6.38. The number of ether oxygens (including phenoxy) is 1. The number of nitrogens with zero attached hydrogens (tertiary/aromatic N) is 2. The standard InChI is InChI=1S/C24H25FN4O2/c1-4-11-31-20-10-6-9-19(14-20)28-24-26-15-21(25)23(29-24)27-18-8-5-7-17(13-18)22(30)12-16(2)3/h5-10,12-15H,4,11H2,1-3H3,(H2,26,27,28,29). The summed E-state index contributed by atoms with van der Waals surface area (Å²) in [5.41, 5.74) is 2.68. The van der Waals surface area contributed by atoms with E-state index in [1.54, 1.807) is 30.3 Å². The zero-order chi connectivity index (χ0) is 22.2. The van der Waals surface area contributed by atoms with E-state index in [1.165, 1.54) is 0 Å². The summed E-state index contributed by atoms with van der Waals surface area (Å²) in [4.78, 5) is 20.5. The summed E-state index contributed by atoms with van der Waals surface area (Å²) in [5, 5.41) is 5.98. The van der Waals surface area contributed by atoms with Crippen LogP contribution in [0.25, 0.3) is 0 Å². The van der Waals surface area contributed by atoms with Crippen LogP contribution in [-0.4, -0.2) is 22.4 Å². The van der Waals surface area contributed by atoms with Crippen molar-refractivity contribution < 1.29 is 13.9 Å². The molecule has 0 saturated heterocycles. The number of hydrogen-bond acceptors (Lipinski definition) is 6. The highest BCUT2D eigenvalue weighted by molar-refractivity contribution is 6.05. The van der Waals surface area contributed by atoms with Crippen LogP contribution in [0.5, 0.6) is 5.75 Å². The van der Waals surface area contributed by atoms with E-state index in [0.717, 1.165) is 29.6 Å². The molecule has 1 aromatic heterocycles. The molecule has 0 bridgehead atoms. The Labute approximate surface area is 181 Å². The van der Waals surface area contributed by atoms with E-state index in [1.807, 2.05) is 45.0 Å². The van der Waals surface area contributed by atoms with Gasteiger partial charge in [0.15, 0.2) is 17.4 Å². The molecule has 3 rings (SSSR count). The molecule has 0 fully saturated rings. The lowest BCUT2D eigenvalue weighted by Crippen LogP contribution is -2.04. The summed E-state index contributed by atoms with van der Waals surface area (Å²) in [6.07, 6.45) is 3.56. The van der Waals surface area contributed by atoms with Crippen molar-refractivity contribution in [2.45, 2.75) is 27.2 Å². The number of hydrogen-bond donors (Lipinski definition) is 2. The van der Waals surface area contributed by atoms with Gasteiger partial charge in [-0.25, -0.2) is 9.37 Å². The average molecular weight is 420 g/mol. The van der Waals surface area contributed by atoms with Crippen molar-refractivity contribution in [3.8, 4) is 5.75 Å². The van der Waals surface area contributed by atoms with Crippen molar-refractivity contribution in [2.24, 2.45) is 0 Å². The minimum absolute atomic E-state index is 0.00250. The number of aromatic nitrogens is 2. The molecule has 0 aliphatic heterocycles. The monoisotopic (exact) mass is 420 g/mol. The molecule has 2 aromatic carbocycles. The van der Waals surface area contributed by atoms with Gasteiger partial charge < -0.3 is 15.4 Å². The molecule has 0 aliphatic carbocycles. The first-order valence-corrected chi connectivity index (χ1v) is 10.0. The number of halogens is 1. The summed E-state index contributed by atoms with van der Waals surface area (Å²) in [5.74, 6) is 0.243. The molecule has 0 radical (unpaired) electrons. The van der Waals surface area contributed by atoms with Gasteiger partial charge in [-0.1, -0.05) is 30.7 Å². The molecule has 31 heavy (non-hydrogen) atoms. The van der Waals surface area contributed by atoms with Gasteiger partial charge in [0.1, 0.15) is 5.75 Å². The SMILES string of the molecule is CCCOc1cccc(Nc2ncc(F)c(Nc3cccc(C(=O)C=C(C)C)c3)n2)c1. The number of nitrogens with one attached hydrogen (secondary N) is 2. The molecule has 7 heteroatoms. The fourth-order valence-electron chi connectivity index (χ4n) is 2.76. The maximum absolute atomic E-state index is 14.3. The van der Waals surface area contributed by atoms with Crippen LogP contribution in [0.2, 0.25) is 0 Å².